The van der Waals surface area contributed by atoms with Gasteiger partial charge in [0.25, 0.3) is 0 Å². The van der Waals surface area contributed by atoms with Crippen LogP contribution in [0.4, 0.5) is 5.69 Å². The molecule has 0 saturated carbocycles. The van der Waals surface area contributed by atoms with Crippen LogP contribution in [0.2, 0.25) is 0 Å². The number of methoxy groups -OCH3 is 1. The lowest BCUT2D eigenvalue weighted by atomic mass is 10.2. The van der Waals surface area contributed by atoms with E-state index in [-0.39, 0.29) is 12.3 Å². The highest BCUT2D eigenvalue weighted by Crippen LogP contribution is 2.21. The lowest BCUT2D eigenvalue weighted by molar-refractivity contribution is 0.415. The SMILES string of the molecule is COc1ccc(C#N)c(NCCS(C)(=O)=O)c1. The number of benzene rings is 1. The highest BCUT2D eigenvalue weighted by molar-refractivity contribution is 7.90. The normalized spacial score (nSPS) is 10.6. The molecule has 92 valence electrons. The van der Waals surface area contributed by atoms with Crippen LogP contribution in [0.3, 0.4) is 0 Å². The van der Waals surface area contributed by atoms with Crippen molar-refractivity contribution in [2.24, 2.45) is 0 Å². The van der Waals surface area contributed by atoms with Gasteiger partial charge in [0, 0.05) is 18.9 Å². The molecule has 1 aromatic carbocycles. The summed E-state index contributed by atoms with van der Waals surface area (Å²) in [5.41, 5.74) is 1.04. The van der Waals surface area contributed by atoms with Crippen molar-refractivity contribution in [1.82, 2.24) is 0 Å². The van der Waals surface area contributed by atoms with Crippen LogP contribution in [0.25, 0.3) is 0 Å². The highest BCUT2D eigenvalue weighted by atomic mass is 32.2. The molecule has 0 heterocycles. The first-order chi connectivity index (χ1) is 7.96. The molecule has 0 bridgehead atoms. The Bertz CT molecular complexity index is 532. The number of ether oxygens (including phenoxy) is 1. The average molecular weight is 254 g/mol. The Morgan fingerprint density at radius 3 is 2.71 bits per heavy atom. The van der Waals surface area contributed by atoms with E-state index in [0.717, 1.165) is 0 Å². The maximum Gasteiger partial charge on any atom is 0.149 e. The molecule has 0 unspecified atom stereocenters. The van der Waals surface area contributed by atoms with E-state index < -0.39 is 9.84 Å². The smallest absolute Gasteiger partial charge is 0.149 e. The molecule has 0 fully saturated rings. The number of rotatable bonds is 5. The summed E-state index contributed by atoms with van der Waals surface area (Å²) in [6.45, 7) is 0.265. The molecule has 1 aromatic rings. The third-order valence-corrected chi connectivity index (χ3v) is 3.08. The molecule has 0 atom stereocenters. The van der Waals surface area contributed by atoms with Crippen LogP contribution in [0, 0.1) is 11.3 Å². The van der Waals surface area contributed by atoms with Gasteiger partial charge in [-0.2, -0.15) is 5.26 Å². The summed E-state index contributed by atoms with van der Waals surface area (Å²) in [4.78, 5) is 0. The van der Waals surface area contributed by atoms with Crippen LogP contribution >= 0.6 is 0 Å². The third kappa shape index (κ3) is 4.33. The Balaban J connectivity index is 2.79. The first kappa shape index (κ1) is 13.3. The number of nitrogens with one attached hydrogen (secondary N) is 1. The molecule has 0 amide bonds. The maximum atomic E-state index is 11.0. The van der Waals surface area contributed by atoms with Gasteiger partial charge < -0.3 is 10.1 Å². The van der Waals surface area contributed by atoms with Crippen molar-refractivity contribution in [2.45, 2.75) is 0 Å². The van der Waals surface area contributed by atoms with E-state index in [2.05, 4.69) is 5.32 Å². The predicted molar refractivity (Wildman–Crippen MR) is 65.9 cm³/mol. The Kier molecular flexibility index (Phi) is 4.35. The van der Waals surface area contributed by atoms with Gasteiger partial charge in [0.05, 0.1) is 24.1 Å². The number of sulfone groups is 1. The summed E-state index contributed by atoms with van der Waals surface area (Å²) in [5.74, 6) is 0.639. The Morgan fingerprint density at radius 1 is 1.47 bits per heavy atom. The van der Waals surface area contributed by atoms with Crippen molar-refractivity contribution < 1.29 is 13.2 Å². The van der Waals surface area contributed by atoms with Gasteiger partial charge in [0.1, 0.15) is 21.7 Å². The van der Waals surface area contributed by atoms with Crippen molar-refractivity contribution in [3.05, 3.63) is 23.8 Å². The fourth-order valence-electron chi connectivity index (χ4n) is 1.27. The molecule has 0 aliphatic rings. The Labute approximate surface area is 101 Å². The second-order valence-electron chi connectivity index (χ2n) is 3.58. The van der Waals surface area contributed by atoms with Gasteiger partial charge >= 0.3 is 0 Å². The highest BCUT2D eigenvalue weighted by Gasteiger charge is 2.05. The molecule has 0 aliphatic heterocycles. The average Bonchev–Trinajstić information content (AvgIpc) is 2.27. The molecule has 6 heteroatoms. The van der Waals surface area contributed by atoms with Gasteiger partial charge in [-0.15, -0.1) is 0 Å². The second kappa shape index (κ2) is 5.55. The van der Waals surface area contributed by atoms with Crippen molar-refractivity contribution in [3.63, 3.8) is 0 Å². The van der Waals surface area contributed by atoms with Gasteiger partial charge in [-0.1, -0.05) is 0 Å². The summed E-state index contributed by atoms with van der Waals surface area (Å²) in [6, 6.07) is 7.00. The molecule has 1 rings (SSSR count). The number of nitrogens with zero attached hydrogens (tertiary/aromatic N) is 1. The van der Waals surface area contributed by atoms with Crippen LogP contribution in [-0.2, 0) is 9.84 Å². The summed E-state index contributed by atoms with van der Waals surface area (Å²) < 4.78 is 27.0. The first-order valence-corrected chi connectivity index (χ1v) is 7.02. The fraction of sp³-hybridized carbons (Fsp3) is 0.364. The van der Waals surface area contributed by atoms with Crippen molar-refractivity contribution in [1.29, 1.82) is 5.26 Å². The lowest BCUT2D eigenvalue weighted by Crippen LogP contribution is -2.14. The lowest BCUT2D eigenvalue weighted by Gasteiger charge is -2.09. The van der Waals surface area contributed by atoms with E-state index in [9.17, 15) is 8.42 Å². The van der Waals surface area contributed by atoms with Crippen LogP contribution in [0.1, 0.15) is 5.56 Å². The summed E-state index contributed by atoms with van der Waals surface area (Å²) >= 11 is 0. The summed E-state index contributed by atoms with van der Waals surface area (Å²) in [5, 5.41) is 11.8. The minimum Gasteiger partial charge on any atom is -0.497 e. The van der Waals surface area contributed by atoms with Crippen molar-refractivity contribution >= 4 is 15.5 Å². The van der Waals surface area contributed by atoms with E-state index in [1.54, 1.807) is 18.2 Å². The van der Waals surface area contributed by atoms with Crippen LogP contribution in [-0.4, -0.2) is 34.1 Å². The van der Waals surface area contributed by atoms with E-state index >= 15 is 0 Å². The van der Waals surface area contributed by atoms with E-state index in [1.807, 2.05) is 6.07 Å². The molecule has 1 N–H and O–H groups in total. The predicted octanol–water partition coefficient (Wildman–Crippen LogP) is 1.02. The molecule has 0 aromatic heterocycles. The Morgan fingerprint density at radius 2 is 2.18 bits per heavy atom. The molecule has 0 spiro atoms. The van der Waals surface area contributed by atoms with E-state index in [4.69, 9.17) is 10.00 Å². The molecular weight excluding hydrogens is 240 g/mol. The Hall–Kier alpha value is -1.74. The molecular formula is C11H14N2O3S. The first-order valence-electron chi connectivity index (χ1n) is 4.96. The van der Waals surface area contributed by atoms with Crippen LogP contribution < -0.4 is 10.1 Å². The van der Waals surface area contributed by atoms with Crippen LogP contribution in [0.15, 0.2) is 18.2 Å². The van der Waals surface area contributed by atoms with Gasteiger partial charge in [-0.05, 0) is 12.1 Å². The number of anilines is 1. The quantitative estimate of drug-likeness (QED) is 0.848. The zero-order valence-corrected chi connectivity index (χ0v) is 10.5. The number of nitriles is 1. The molecule has 5 nitrogen and oxygen atoms in total. The maximum absolute atomic E-state index is 11.0. The van der Waals surface area contributed by atoms with Crippen molar-refractivity contribution in [2.75, 3.05) is 31.0 Å². The summed E-state index contributed by atoms with van der Waals surface area (Å²) in [7, 11) is -1.48. The largest absolute Gasteiger partial charge is 0.497 e. The fourth-order valence-corrected chi connectivity index (χ4v) is 1.74. The number of hydrogen-bond acceptors (Lipinski definition) is 5. The van der Waals surface area contributed by atoms with Gasteiger partial charge in [0.2, 0.25) is 0 Å². The second-order valence-corrected chi connectivity index (χ2v) is 5.84. The minimum atomic E-state index is -3.01. The molecule has 0 radical (unpaired) electrons. The minimum absolute atomic E-state index is 0.0229. The summed E-state index contributed by atoms with van der Waals surface area (Å²) in [6.07, 6.45) is 1.17. The van der Waals surface area contributed by atoms with E-state index in [1.165, 1.54) is 13.4 Å². The van der Waals surface area contributed by atoms with Crippen LogP contribution in [0.5, 0.6) is 5.75 Å². The third-order valence-electron chi connectivity index (χ3n) is 2.14. The van der Waals surface area contributed by atoms with Gasteiger partial charge in [-0.25, -0.2) is 8.42 Å². The monoisotopic (exact) mass is 254 g/mol. The molecule has 0 saturated heterocycles. The zero-order chi connectivity index (χ0) is 12.9. The molecule has 17 heavy (non-hydrogen) atoms. The van der Waals surface area contributed by atoms with E-state index in [0.29, 0.717) is 17.0 Å². The zero-order valence-electron chi connectivity index (χ0n) is 9.73. The standard InChI is InChI=1S/C11H14N2O3S/c1-16-10-4-3-9(8-12)11(7-10)13-5-6-17(2,14)15/h3-4,7,13H,5-6H2,1-2H3. The van der Waals surface area contributed by atoms with Gasteiger partial charge in [-0.3, -0.25) is 0 Å². The van der Waals surface area contributed by atoms with Crippen molar-refractivity contribution in [3.8, 4) is 11.8 Å². The number of hydrogen-bond donors (Lipinski definition) is 1. The molecule has 0 aliphatic carbocycles. The van der Waals surface area contributed by atoms with Gasteiger partial charge in [0.15, 0.2) is 0 Å². The topological polar surface area (TPSA) is 79.2 Å².